The van der Waals surface area contributed by atoms with Gasteiger partial charge in [0.05, 0.1) is 11.3 Å². The highest BCUT2D eigenvalue weighted by Gasteiger charge is 2.18. The standard InChI is InChI=1S/C13H8Br2N2O2S/c14-10-5-6-12(9(7-10)8-16)17-20(18,19)13-4-2-1-3-11(13)15/h1-7,17H. The number of nitrogens with zero attached hydrogens (tertiary/aromatic N) is 1. The topological polar surface area (TPSA) is 70.0 Å². The van der Waals surface area contributed by atoms with Gasteiger partial charge in [0.2, 0.25) is 0 Å². The van der Waals surface area contributed by atoms with Gasteiger partial charge in [0.1, 0.15) is 11.0 Å². The summed E-state index contributed by atoms with van der Waals surface area (Å²) in [4.78, 5) is 0.117. The summed E-state index contributed by atoms with van der Waals surface area (Å²) in [5.74, 6) is 0. The van der Waals surface area contributed by atoms with E-state index in [0.29, 0.717) is 8.95 Å². The van der Waals surface area contributed by atoms with Crippen molar-refractivity contribution in [1.29, 1.82) is 5.26 Å². The minimum absolute atomic E-state index is 0.117. The summed E-state index contributed by atoms with van der Waals surface area (Å²) < 4.78 is 28.2. The van der Waals surface area contributed by atoms with E-state index in [2.05, 4.69) is 36.6 Å². The smallest absolute Gasteiger partial charge is 0.263 e. The zero-order chi connectivity index (χ0) is 14.8. The van der Waals surface area contributed by atoms with Crippen molar-refractivity contribution >= 4 is 47.6 Å². The fourth-order valence-corrected chi connectivity index (χ4v) is 4.01. The van der Waals surface area contributed by atoms with Crippen molar-refractivity contribution in [3.63, 3.8) is 0 Å². The van der Waals surface area contributed by atoms with E-state index in [-0.39, 0.29) is 16.1 Å². The van der Waals surface area contributed by atoms with Crippen LogP contribution in [0.5, 0.6) is 0 Å². The molecule has 0 aliphatic heterocycles. The zero-order valence-electron chi connectivity index (χ0n) is 9.97. The lowest BCUT2D eigenvalue weighted by Gasteiger charge is -2.10. The molecule has 2 aromatic carbocycles. The number of anilines is 1. The Morgan fingerprint density at radius 3 is 2.45 bits per heavy atom. The first kappa shape index (κ1) is 15.0. The van der Waals surface area contributed by atoms with Crippen molar-refractivity contribution in [2.75, 3.05) is 4.72 Å². The predicted molar refractivity (Wildman–Crippen MR) is 83.8 cm³/mol. The molecule has 0 saturated carbocycles. The second-order valence-corrected chi connectivity index (χ2v) is 7.26. The molecule has 4 nitrogen and oxygen atoms in total. The van der Waals surface area contributed by atoms with Gasteiger partial charge in [0.15, 0.2) is 0 Å². The molecule has 2 rings (SSSR count). The van der Waals surface area contributed by atoms with Gasteiger partial charge < -0.3 is 0 Å². The maximum Gasteiger partial charge on any atom is 0.263 e. The Labute approximate surface area is 133 Å². The van der Waals surface area contributed by atoms with Crippen LogP contribution in [0.4, 0.5) is 5.69 Å². The van der Waals surface area contributed by atoms with Gasteiger partial charge in [0.25, 0.3) is 10.0 Å². The molecule has 0 atom stereocenters. The van der Waals surface area contributed by atoms with E-state index in [4.69, 9.17) is 5.26 Å². The van der Waals surface area contributed by atoms with Gasteiger partial charge in [-0.1, -0.05) is 28.1 Å². The van der Waals surface area contributed by atoms with Crippen LogP contribution in [-0.4, -0.2) is 8.42 Å². The van der Waals surface area contributed by atoms with Crippen LogP contribution in [0.1, 0.15) is 5.56 Å². The minimum Gasteiger partial charge on any atom is -0.278 e. The van der Waals surface area contributed by atoms with Crippen LogP contribution in [0.25, 0.3) is 0 Å². The number of rotatable bonds is 3. The van der Waals surface area contributed by atoms with Crippen LogP contribution in [0.3, 0.4) is 0 Å². The Hall–Kier alpha value is -1.36. The lowest BCUT2D eigenvalue weighted by molar-refractivity contribution is 0.600. The normalized spacial score (nSPS) is 10.8. The van der Waals surface area contributed by atoms with Crippen LogP contribution in [0.15, 0.2) is 56.3 Å². The summed E-state index contributed by atoms with van der Waals surface area (Å²) in [6, 6.07) is 13.2. The molecule has 7 heteroatoms. The Balaban J connectivity index is 2.45. The molecule has 102 valence electrons. The van der Waals surface area contributed by atoms with E-state index >= 15 is 0 Å². The number of hydrogen-bond donors (Lipinski definition) is 1. The van der Waals surface area contributed by atoms with Crippen molar-refractivity contribution in [2.24, 2.45) is 0 Å². The summed E-state index contributed by atoms with van der Waals surface area (Å²) in [5, 5.41) is 9.05. The van der Waals surface area contributed by atoms with Gasteiger partial charge in [-0.15, -0.1) is 0 Å². The molecule has 0 aliphatic rings. The van der Waals surface area contributed by atoms with Crippen molar-refractivity contribution < 1.29 is 8.42 Å². The molecule has 2 aromatic rings. The highest BCUT2D eigenvalue weighted by Crippen LogP contribution is 2.26. The largest absolute Gasteiger partial charge is 0.278 e. The third-order valence-electron chi connectivity index (χ3n) is 2.47. The molecule has 0 bridgehead atoms. The van der Waals surface area contributed by atoms with Crippen molar-refractivity contribution in [3.8, 4) is 6.07 Å². The maximum absolute atomic E-state index is 12.3. The molecule has 0 heterocycles. The number of halogens is 2. The van der Waals surface area contributed by atoms with Crippen LogP contribution >= 0.6 is 31.9 Å². The molecule has 0 saturated heterocycles. The SMILES string of the molecule is N#Cc1cc(Br)ccc1NS(=O)(=O)c1ccccc1Br. The average Bonchev–Trinajstić information content (AvgIpc) is 2.41. The third kappa shape index (κ3) is 3.20. The Morgan fingerprint density at radius 2 is 1.80 bits per heavy atom. The second kappa shape index (κ2) is 5.95. The van der Waals surface area contributed by atoms with E-state index < -0.39 is 10.0 Å². The highest BCUT2D eigenvalue weighted by atomic mass is 79.9. The van der Waals surface area contributed by atoms with Crippen molar-refractivity contribution in [2.45, 2.75) is 4.90 Å². The molecule has 0 radical (unpaired) electrons. The molecular weight excluding hydrogens is 408 g/mol. The number of sulfonamides is 1. The van der Waals surface area contributed by atoms with Gasteiger partial charge in [-0.2, -0.15) is 5.26 Å². The number of nitriles is 1. The van der Waals surface area contributed by atoms with Crippen molar-refractivity contribution in [1.82, 2.24) is 0 Å². The molecule has 0 aliphatic carbocycles. The van der Waals surface area contributed by atoms with Crippen LogP contribution in [-0.2, 0) is 10.0 Å². The number of hydrogen-bond acceptors (Lipinski definition) is 3. The third-order valence-corrected chi connectivity index (χ3v) is 5.34. The Morgan fingerprint density at radius 1 is 1.10 bits per heavy atom. The summed E-state index contributed by atoms with van der Waals surface area (Å²) in [5.41, 5.74) is 0.487. The van der Waals surface area contributed by atoms with E-state index in [1.807, 2.05) is 6.07 Å². The van der Waals surface area contributed by atoms with Gasteiger partial charge in [-0.25, -0.2) is 8.42 Å². The van der Waals surface area contributed by atoms with Gasteiger partial charge in [0, 0.05) is 8.95 Å². The average molecular weight is 416 g/mol. The predicted octanol–water partition coefficient (Wildman–Crippen LogP) is 3.88. The molecule has 0 amide bonds. The van der Waals surface area contributed by atoms with E-state index in [1.54, 1.807) is 30.3 Å². The summed E-state index contributed by atoms with van der Waals surface area (Å²) in [6.07, 6.45) is 0. The molecule has 0 spiro atoms. The highest BCUT2D eigenvalue weighted by molar-refractivity contribution is 9.10. The molecule has 0 unspecified atom stereocenters. The van der Waals surface area contributed by atoms with E-state index in [0.717, 1.165) is 0 Å². The zero-order valence-corrected chi connectivity index (χ0v) is 14.0. The van der Waals surface area contributed by atoms with Crippen molar-refractivity contribution in [3.05, 3.63) is 57.0 Å². The Bertz CT molecular complexity index is 798. The summed E-state index contributed by atoms with van der Waals surface area (Å²) >= 11 is 6.44. The monoisotopic (exact) mass is 414 g/mol. The summed E-state index contributed by atoms with van der Waals surface area (Å²) in [7, 11) is -3.75. The van der Waals surface area contributed by atoms with Crippen LogP contribution in [0.2, 0.25) is 0 Å². The van der Waals surface area contributed by atoms with E-state index in [1.165, 1.54) is 12.1 Å². The number of nitrogens with one attached hydrogen (secondary N) is 1. The molecular formula is C13H8Br2N2O2S. The maximum atomic E-state index is 12.3. The van der Waals surface area contributed by atoms with Crippen LogP contribution in [0, 0.1) is 11.3 Å². The molecule has 20 heavy (non-hydrogen) atoms. The van der Waals surface area contributed by atoms with Gasteiger partial charge >= 0.3 is 0 Å². The Kier molecular flexibility index (Phi) is 4.48. The van der Waals surface area contributed by atoms with Gasteiger partial charge in [-0.3, -0.25) is 4.72 Å². The van der Waals surface area contributed by atoms with Gasteiger partial charge in [-0.05, 0) is 46.3 Å². The van der Waals surface area contributed by atoms with E-state index in [9.17, 15) is 8.42 Å². The first-order valence-corrected chi connectivity index (χ1v) is 8.48. The minimum atomic E-state index is -3.75. The number of benzene rings is 2. The summed E-state index contributed by atoms with van der Waals surface area (Å²) in [6.45, 7) is 0. The molecule has 0 fully saturated rings. The molecule has 1 N–H and O–H groups in total. The lowest BCUT2D eigenvalue weighted by atomic mass is 10.2. The van der Waals surface area contributed by atoms with Crippen LogP contribution < -0.4 is 4.72 Å². The second-order valence-electron chi connectivity index (χ2n) is 3.84. The first-order valence-electron chi connectivity index (χ1n) is 5.41. The molecule has 0 aromatic heterocycles. The fraction of sp³-hybridized carbons (Fsp3) is 0. The quantitative estimate of drug-likeness (QED) is 0.826. The fourth-order valence-electron chi connectivity index (χ4n) is 1.56. The first-order chi connectivity index (χ1) is 9.44. The lowest BCUT2D eigenvalue weighted by Crippen LogP contribution is -2.14.